The molecular weight excluding hydrogens is 653 g/mol. The van der Waals surface area contributed by atoms with Gasteiger partial charge in [-0.3, -0.25) is 14.4 Å². The Morgan fingerprint density at radius 3 is 1.60 bits per heavy atom. The molecule has 2 aromatic carbocycles. The number of carboxylic acid groups (broad SMARTS) is 1. The highest BCUT2D eigenvalue weighted by atomic mass is 32.1. The van der Waals surface area contributed by atoms with Gasteiger partial charge in [-0.25, -0.2) is 8.78 Å². The summed E-state index contributed by atoms with van der Waals surface area (Å²) >= 11 is 2.09. The zero-order chi connectivity index (χ0) is 33.3. The van der Waals surface area contributed by atoms with Crippen molar-refractivity contribution < 1.29 is 57.0 Å². The second-order valence-electron chi connectivity index (χ2n) is 9.13. The van der Waals surface area contributed by atoms with Crippen LogP contribution in [0.2, 0.25) is 0 Å². The molecule has 4 rings (SSSR count). The van der Waals surface area contributed by atoms with E-state index in [1.54, 1.807) is 6.07 Å². The highest BCUT2D eigenvalue weighted by molar-refractivity contribution is 7.45. The highest BCUT2D eigenvalue weighted by Gasteiger charge is 2.22. The van der Waals surface area contributed by atoms with Crippen LogP contribution < -0.4 is 18.9 Å². The zero-order valence-corrected chi connectivity index (χ0v) is 27.5. The van der Waals surface area contributed by atoms with Gasteiger partial charge in [-0.15, -0.1) is 22.7 Å². The molecule has 0 bridgehead atoms. The molecule has 0 saturated carbocycles. The number of ketones is 2. The average molecular weight is 687 g/mol. The molecule has 0 saturated heterocycles. The Balaban J connectivity index is 0.00000271. The Kier molecular flexibility index (Phi) is 13.4. The Morgan fingerprint density at radius 1 is 0.756 bits per heavy atom. The summed E-state index contributed by atoms with van der Waals surface area (Å²) in [6.45, 7) is 3.94. The molecule has 15 heteroatoms. The number of carbonyl (C=O) groups is 3. The largest absolute Gasteiger partial charge is 0.493 e. The van der Waals surface area contributed by atoms with E-state index in [1.165, 1.54) is 32.4 Å². The quantitative estimate of drug-likeness (QED) is 0.0628. The molecule has 0 spiro atoms. The third kappa shape index (κ3) is 8.86. The number of Topliss-reactive ketones (excluding diaryl/α,β-unsaturated/α-hetero) is 2. The summed E-state index contributed by atoms with van der Waals surface area (Å²) in [7, 11) is 0.485. The second kappa shape index (κ2) is 16.8. The molecule has 0 fully saturated rings. The zero-order valence-electron chi connectivity index (χ0n) is 25.0. The van der Waals surface area contributed by atoms with Crippen LogP contribution in [0, 0.1) is 11.6 Å². The van der Waals surface area contributed by atoms with Gasteiger partial charge in [-0.05, 0) is 12.1 Å². The van der Waals surface area contributed by atoms with E-state index in [4.69, 9.17) is 33.8 Å². The van der Waals surface area contributed by atoms with Crippen LogP contribution in [0.25, 0.3) is 20.2 Å². The normalized spacial score (nSPS) is 11.0. The summed E-state index contributed by atoms with van der Waals surface area (Å²) in [4.78, 5) is 54.1. The molecule has 45 heavy (non-hydrogen) atoms. The molecule has 0 aliphatic heterocycles. The molecular formula is C30H33F2O10PS2. The minimum atomic E-state index is -2.21. The maximum atomic E-state index is 15.4. The molecule has 4 aromatic rings. The summed E-state index contributed by atoms with van der Waals surface area (Å²) in [5.41, 5.74) is 0. The standard InChI is InChI=1S/C28H27F2O10PS2.C2H6/c1-37-18-12-20-14(10-22(42-20)16(31)4-5-24(33)34)25(29)27(18)39-7-3-8-40-28-19(38-2)13-21-15(26(28)30)11-23(43-21)17(32)6-9-41(35)36;1-2/h10-13,35-36H,3-9H2,1-2H3,(H,33,34);1-2H3. The monoisotopic (exact) mass is 686 g/mol. The summed E-state index contributed by atoms with van der Waals surface area (Å²) in [6.07, 6.45) is -0.473. The van der Waals surface area contributed by atoms with Gasteiger partial charge in [0.05, 0.1) is 43.6 Å². The number of hydrogen-bond donors (Lipinski definition) is 3. The number of fused-ring (bicyclic) bond motifs is 2. The molecule has 10 nitrogen and oxygen atoms in total. The highest BCUT2D eigenvalue weighted by Crippen LogP contribution is 2.42. The Morgan fingerprint density at radius 2 is 1.20 bits per heavy atom. The van der Waals surface area contributed by atoms with Crippen molar-refractivity contribution in [3.63, 3.8) is 0 Å². The van der Waals surface area contributed by atoms with Crippen LogP contribution in [0.5, 0.6) is 23.0 Å². The number of rotatable bonds is 16. The van der Waals surface area contributed by atoms with E-state index in [2.05, 4.69) is 0 Å². The van der Waals surface area contributed by atoms with Crippen molar-refractivity contribution in [1.29, 1.82) is 0 Å². The number of thiophene rings is 2. The van der Waals surface area contributed by atoms with Crippen LogP contribution in [0.3, 0.4) is 0 Å². The molecule has 0 aliphatic rings. The van der Waals surface area contributed by atoms with Crippen molar-refractivity contribution in [2.75, 3.05) is 33.6 Å². The van der Waals surface area contributed by atoms with Crippen LogP contribution in [-0.2, 0) is 4.79 Å². The number of hydrogen-bond acceptors (Lipinski definition) is 11. The molecule has 2 aromatic heterocycles. The lowest BCUT2D eigenvalue weighted by Gasteiger charge is -2.14. The third-order valence-corrected chi connectivity index (χ3v) is 9.11. The molecule has 0 amide bonds. The Hall–Kier alpha value is -3.42. The number of ether oxygens (including phenoxy) is 4. The van der Waals surface area contributed by atoms with E-state index in [9.17, 15) is 14.4 Å². The maximum Gasteiger partial charge on any atom is 0.303 e. The van der Waals surface area contributed by atoms with Gasteiger partial charge in [0.15, 0.2) is 54.6 Å². The number of carboxylic acids is 1. The molecule has 0 radical (unpaired) electrons. The fourth-order valence-electron chi connectivity index (χ4n) is 4.12. The van der Waals surface area contributed by atoms with Gasteiger partial charge in [0.25, 0.3) is 0 Å². The smallest absolute Gasteiger partial charge is 0.303 e. The predicted octanol–water partition coefficient (Wildman–Crippen LogP) is 7.20. The first-order valence-corrected chi connectivity index (χ1v) is 16.9. The topological polar surface area (TPSA) is 149 Å². The lowest BCUT2D eigenvalue weighted by atomic mass is 10.1. The van der Waals surface area contributed by atoms with Gasteiger partial charge >= 0.3 is 5.97 Å². The van der Waals surface area contributed by atoms with Gasteiger partial charge in [-0.1, -0.05) is 13.8 Å². The van der Waals surface area contributed by atoms with Crippen molar-refractivity contribution in [2.45, 2.75) is 39.5 Å². The molecule has 0 unspecified atom stereocenters. The molecule has 0 aliphatic carbocycles. The van der Waals surface area contributed by atoms with E-state index < -0.39 is 31.8 Å². The molecule has 0 atom stereocenters. The van der Waals surface area contributed by atoms with E-state index in [0.29, 0.717) is 9.40 Å². The summed E-state index contributed by atoms with van der Waals surface area (Å²) in [6, 6.07) is 5.84. The van der Waals surface area contributed by atoms with E-state index in [-0.39, 0.29) is 94.4 Å². The van der Waals surface area contributed by atoms with E-state index in [0.717, 1.165) is 22.7 Å². The number of carbonyl (C=O) groups excluding carboxylic acids is 2. The number of benzene rings is 2. The summed E-state index contributed by atoms with van der Waals surface area (Å²) in [5, 5.41) is 9.11. The summed E-state index contributed by atoms with van der Waals surface area (Å²) in [5.74, 6) is -3.42. The number of halogens is 2. The van der Waals surface area contributed by atoms with Crippen LogP contribution in [-0.4, -0.2) is 66.0 Å². The lowest BCUT2D eigenvalue weighted by Crippen LogP contribution is -2.08. The van der Waals surface area contributed by atoms with Crippen LogP contribution in [0.1, 0.15) is 58.9 Å². The maximum absolute atomic E-state index is 15.4. The molecule has 244 valence electrons. The third-order valence-electron chi connectivity index (χ3n) is 6.24. The predicted molar refractivity (Wildman–Crippen MR) is 170 cm³/mol. The SMILES string of the molecule is CC.COc1cc2sc(C(=O)CCC(=O)O)cc2c(F)c1OCCCOc1c(OC)cc2sc(C(=O)CCP(O)O)cc2c1F. The lowest BCUT2D eigenvalue weighted by molar-refractivity contribution is -0.136. The van der Waals surface area contributed by atoms with Crippen LogP contribution in [0.15, 0.2) is 24.3 Å². The van der Waals surface area contributed by atoms with E-state index in [1.807, 2.05) is 13.8 Å². The van der Waals surface area contributed by atoms with Gasteiger partial charge in [-0.2, -0.15) is 0 Å². The van der Waals surface area contributed by atoms with Crippen molar-refractivity contribution in [3.8, 4) is 23.0 Å². The first-order valence-electron chi connectivity index (χ1n) is 13.8. The molecule has 3 N–H and O–H groups in total. The number of aliphatic carboxylic acids is 1. The second-order valence-corrected chi connectivity index (χ2v) is 12.5. The first-order chi connectivity index (χ1) is 21.5. The van der Waals surface area contributed by atoms with Crippen LogP contribution >= 0.6 is 31.0 Å². The van der Waals surface area contributed by atoms with Crippen LogP contribution in [0.4, 0.5) is 8.78 Å². The Labute approximate surface area is 267 Å². The van der Waals surface area contributed by atoms with Crippen molar-refractivity contribution in [3.05, 3.63) is 45.7 Å². The van der Waals surface area contributed by atoms with E-state index >= 15 is 8.78 Å². The first kappa shape index (κ1) is 36.1. The van der Waals surface area contributed by atoms with Crippen molar-refractivity contribution in [2.24, 2.45) is 0 Å². The van der Waals surface area contributed by atoms with Gasteiger partial charge in [0.1, 0.15) is 0 Å². The van der Waals surface area contributed by atoms with Gasteiger partial charge in [0.2, 0.25) is 0 Å². The Bertz CT molecular complexity index is 1670. The average Bonchev–Trinajstić information content (AvgIpc) is 3.66. The van der Waals surface area contributed by atoms with Gasteiger partial charge < -0.3 is 33.8 Å². The number of methoxy groups -OCH3 is 2. The fourth-order valence-corrected chi connectivity index (χ4v) is 6.63. The van der Waals surface area contributed by atoms with Crippen molar-refractivity contribution >= 4 is 68.8 Å². The minimum Gasteiger partial charge on any atom is -0.493 e. The van der Waals surface area contributed by atoms with Gasteiger partial charge in [0, 0.05) is 57.7 Å². The summed E-state index contributed by atoms with van der Waals surface area (Å²) < 4.78 is 53.5. The molecule has 2 heterocycles. The fraction of sp³-hybridized carbons (Fsp3) is 0.367. The minimum absolute atomic E-state index is 0.0296. The van der Waals surface area contributed by atoms with Crippen molar-refractivity contribution in [1.82, 2.24) is 0 Å².